The van der Waals surface area contributed by atoms with Gasteiger partial charge in [-0.1, -0.05) is 20.8 Å². The first-order valence-corrected chi connectivity index (χ1v) is 6.85. The highest BCUT2D eigenvalue weighted by Crippen LogP contribution is 2.12. The molecule has 3 nitrogen and oxygen atoms in total. The van der Waals surface area contributed by atoms with Gasteiger partial charge in [0.1, 0.15) is 5.78 Å². The molecule has 0 heterocycles. The number of carbonyl (C=O) groups is 1. The molecule has 0 aromatic rings. The first-order chi connectivity index (χ1) is 7.95. The average molecular weight is 243 g/mol. The van der Waals surface area contributed by atoms with Crippen molar-refractivity contribution >= 4 is 5.78 Å². The van der Waals surface area contributed by atoms with Gasteiger partial charge in [0.2, 0.25) is 0 Å². The Morgan fingerprint density at radius 2 is 1.65 bits per heavy atom. The van der Waals surface area contributed by atoms with Gasteiger partial charge in [0.15, 0.2) is 0 Å². The molecular weight excluding hydrogens is 214 g/mol. The third-order valence-electron chi connectivity index (χ3n) is 3.15. The van der Waals surface area contributed by atoms with E-state index >= 15 is 0 Å². The van der Waals surface area contributed by atoms with Crippen molar-refractivity contribution < 1.29 is 9.90 Å². The minimum absolute atomic E-state index is 0.282. The number of carbonyl (C=O) groups excluding carboxylic acids is 1. The van der Waals surface area contributed by atoms with Gasteiger partial charge >= 0.3 is 0 Å². The molecule has 3 N–H and O–H groups in total. The summed E-state index contributed by atoms with van der Waals surface area (Å²) in [7, 11) is 0. The van der Waals surface area contributed by atoms with Gasteiger partial charge in [-0.2, -0.15) is 0 Å². The van der Waals surface area contributed by atoms with E-state index in [1.54, 1.807) is 0 Å². The molecule has 102 valence electrons. The van der Waals surface area contributed by atoms with Crippen molar-refractivity contribution in [2.45, 2.75) is 65.4 Å². The molecule has 0 fully saturated rings. The number of hydrogen-bond donors (Lipinski definition) is 2. The minimum atomic E-state index is -0.341. The number of rotatable bonds is 10. The van der Waals surface area contributed by atoms with Gasteiger partial charge in [0, 0.05) is 12.8 Å². The number of aliphatic hydroxyl groups is 1. The topological polar surface area (TPSA) is 63.3 Å². The molecular formula is C14H29NO2. The van der Waals surface area contributed by atoms with Crippen LogP contribution in [0.3, 0.4) is 0 Å². The van der Waals surface area contributed by atoms with Gasteiger partial charge in [-0.25, -0.2) is 0 Å². The van der Waals surface area contributed by atoms with Crippen LogP contribution in [0.25, 0.3) is 0 Å². The molecule has 0 rings (SSSR count). The van der Waals surface area contributed by atoms with Gasteiger partial charge < -0.3 is 10.8 Å². The first-order valence-electron chi connectivity index (χ1n) is 6.85. The van der Waals surface area contributed by atoms with Crippen LogP contribution in [0.1, 0.15) is 59.3 Å². The summed E-state index contributed by atoms with van der Waals surface area (Å²) in [4.78, 5) is 11.5. The molecule has 0 amide bonds. The lowest BCUT2D eigenvalue weighted by atomic mass is 9.98. The van der Waals surface area contributed by atoms with Gasteiger partial charge in [-0.3, -0.25) is 4.79 Å². The maximum atomic E-state index is 11.5. The van der Waals surface area contributed by atoms with Crippen LogP contribution in [-0.4, -0.2) is 23.5 Å². The van der Waals surface area contributed by atoms with Crippen molar-refractivity contribution in [3.8, 4) is 0 Å². The lowest BCUT2D eigenvalue weighted by Gasteiger charge is -2.13. The summed E-state index contributed by atoms with van der Waals surface area (Å²) in [6.45, 7) is 6.99. The van der Waals surface area contributed by atoms with E-state index in [0.29, 0.717) is 37.6 Å². The highest BCUT2D eigenvalue weighted by Gasteiger charge is 2.10. The van der Waals surface area contributed by atoms with E-state index in [1.807, 2.05) is 0 Å². The number of hydrogen-bond acceptors (Lipinski definition) is 3. The third-order valence-corrected chi connectivity index (χ3v) is 3.15. The second-order valence-electron chi connectivity index (χ2n) is 5.58. The Morgan fingerprint density at radius 1 is 1.06 bits per heavy atom. The molecule has 0 aromatic heterocycles. The van der Waals surface area contributed by atoms with Crippen LogP contribution in [0, 0.1) is 11.8 Å². The standard InChI is InChI=1S/C14H29NO2/c1-11(2)4-6-13(16)8-9-14(17)7-5-12(3)10-15/h11-12,14,17H,4-10,15H2,1-3H3. The SMILES string of the molecule is CC(C)CCC(=O)CCC(O)CCC(C)CN. The van der Waals surface area contributed by atoms with Crippen LogP contribution in [0.2, 0.25) is 0 Å². The molecule has 2 unspecified atom stereocenters. The monoisotopic (exact) mass is 243 g/mol. The summed E-state index contributed by atoms with van der Waals surface area (Å²) in [5.74, 6) is 1.32. The summed E-state index contributed by atoms with van der Waals surface area (Å²) in [6.07, 6.45) is 4.10. The molecule has 3 heteroatoms. The van der Waals surface area contributed by atoms with Crippen LogP contribution in [0.4, 0.5) is 0 Å². The Balaban J connectivity index is 3.55. The summed E-state index contributed by atoms with van der Waals surface area (Å²) in [6, 6.07) is 0. The molecule has 17 heavy (non-hydrogen) atoms. The zero-order chi connectivity index (χ0) is 13.3. The molecule has 0 spiro atoms. The van der Waals surface area contributed by atoms with Crippen LogP contribution in [0.5, 0.6) is 0 Å². The van der Waals surface area contributed by atoms with Crippen LogP contribution < -0.4 is 5.73 Å². The van der Waals surface area contributed by atoms with Crippen molar-refractivity contribution in [2.24, 2.45) is 17.6 Å². The summed E-state index contributed by atoms with van der Waals surface area (Å²) >= 11 is 0. The molecule has 0 radical (unpaired) electrons. The Bertz CT molecular complexity index is 204. The second kappa shape index (κ2) is 9.60. The zero-order valence-electron chi connectivity index (χ0n) is 11.6. The van der Waals surface area contributed by atoms with Crippen molar-refractivity contribution in [1.82, 2.24) is 0 Å². The van der Waals surface area contributed by atoms with E-state index in [1.165, 1.54) is 0 Å². The number of nitrogens with two attached hydrogens (primary N) is 1. The van der Waals surface area contributed by atoms with Crippen molar-refractivity contribution in [1.29, 1.82) is 0 Å². The molecule has 0 saturated carbocycles. The Hall–Kier alpha value is -0.410. The number of aliphatic hydroxyl groups excluding tert-OH is 1. The van der Waals surface area contributed by atoms with E-state index in [2.05, 4.69) is 20.8 Å². The number of Topliss-reactive ketones (excluding diaryl/α,β-unsaturated/α-hetero) is 1. The van der Waals surface area contributed by atoms with Crippen LogP contribution >= 0.6 is 0 Å². The van der Waals surface area contributed by atoms with Crippen molar-refractivity contribution in [3.63, 3.8) is 0 Å². The largest absolute Gasteiger partial charge is 0.393 e. The van der Waals surface area contributed by atoms with E-state index in [4.69, 9.17) is 5.73 Å². The van der Waals surface area contributed by atoms with E-state index in [0.717, 1.165) is 19.3 Å². The molecule has 0 aliphatic rings. The number of ketones is 1. The normalized spacial score (nSPS) is 14.9. The molecule has 2 atom stereocenters. The summed E-state index contributed by atoms with van der Waals surface area (Å²) in [5.41, 5.74) is 5.51. The fourth-order valence-corrected chi connectivity index (χ4v) is 1.64. The molecule has 0 saturated heterocycles. The molecule has 0 aliphatic carbocycles. The Labute approximate surface area is 106 Å². The fraction of sp³-hybridized carbons (Fsp3) is 0.929. The van der Waals surface area contributed by atoms with Gasteiger partial charge in [-0.05, 0) is 44.1 Å². The van der Waals surface area contributed by atoms with E-state index in [-0.39, 0.29) is 11.9 Å². The van der Waals surface area contributed by atoms with Crippen molar-refractivity contribution in [3.05, 3.63) is 0 Å². The lowest BCUT2D eigenvalue weighted by Crippen LogP contribution is -2.15. The predicted molar refractivity (Wildman–Crippen MR) is 71.8 cm³/mol. The second-order valence-corrected chi connectivity index (χ2v) is 5.58. The van der Waals surface area contributed by atoms with Crippen LogP contribution in [-0.2, 0) is 4.79 Å². The fourth-order valence-electron chi connectivity index (χ4n) is 1.64. The lowest BCUT2D eigenvalue weighted by molar-refractivity contribution is -0.119. The van der Waals surface area contributed by atoms with Gasteiger partial charge in [0.05, 0.1) is 6.10 Å². The molecule has 0 bridgehead atoms. The van der Waals surface area contributed by atoms with Gasteiger partial charge in [0.25, 0.3) is 0 Å². The van der Waals surface area contributed by atoms with E-state index in [9.17, 15) is 9.90 Å². The minimum Gasteiger partial charge on any atom is -0.393 e. The van der Waals surface area contributed by atoms with Crippen molar-refractivity contribution in [2.75, 3.05) is 6.54 Å². The molecule has 0 aliphatic heterocycles. The maximum absolute atomic E-state index is 11.5. The smallest absolute Gasteiger partial charge is 0.133 e. The maximum Gasteiger partial charge on any atom is 0.133 e. The highest BCUT2D eigenvalue weighted by molar-refractivity contribution is 5.78. The third kappa shape index (κ3) is 10.5. The van der Waals surface area contributed by atoms with Gasteiger partial charge in [-0.15, -0.1) is 0 Å². The first kappa shape index (κ1) is 16.6. The Kier molecular flexibility index (Phi) is 9.37. The average Bonchev–Trinajstić information content (AvgIpc) is 2.30. The predicted octanol–water partition coefficient (Wildman–Crippen LogP) is 2.51. The van der Waals surface area contributed by atoms with E-state index < -0.39 is 0 Å². The quantitative estimate of drug-likeness (QED) is 0.619. The zero-order valence-corrected chi connectivity index (χ0v) is 11.6. The summed E-state index contributed by atoms with van der Waals surface area (Å²) < 4.78 is 0. The highest BCUT2D eigenvalue weighted by atomic mass is 16.3. The molecule has 0 aromatic carbocycles. The Morgan fingerprint density at radius 3 is 2.18 bits per heavy atom. The van der Waals surface area contributed by atoms with Crippen LogP contribution in [0.15, 0.2) is 0 Å². The summed E-state index contributed by atoms with van der Waals surface area (Å²) in [5, 5.41) is 9.73.